The summed E-state index contributed by atoms with van der Waals surface area (Å²) in [6.07, 6.45) is 2.12. The molecule has 6 rings (SSSR count). The lowest BCUT2D eigenvalue weighted by atomic mass is 10.1. The second kappa shape index (κ2) is 11.5. The minimum Gasteiger partial charge on any atom is -0.478 e. The van der Waals surface area contributed by atoms with E-state index in [1.165, 1.54) is 36.4 Å². The average molecular weight is 597 g/mol. The van der Waals surface area contributed by atoms with Gasteiger partial charge in [0, 0.05) is 41.5 Å². The summed E-state index contributed by atoms with van der Waals surface area (Å²) in [5.41, 5.74) is 2.15. The highest BCUT2D eigenvalue weighted by Gasteiger charge is 2.25. The molecule has 0 radical (unpaired) electrons. The number of aromatic carboxylic acids is 1. The molecule has 2 unspecified atom stereocenters. The molecule has 3 heterocycles. The molecule has 42 heavy (non-hydrogen) atoms. The molecule has 0 spiro atoms. The van der Waals surface area contributed by atoms with Crippen molar-refractivity contribution in [3.8, 4) is 0 Å². The molecule has 1 fully saturated rings. The number of hydrogen-bond acceptors (Lipinski definition) is 6. The van der Waals surface area contributed by atoms with Gasteiger partial charge in [-0.1, -0.05) is 34.3 Å². The van der Waals surface area contributed by atoms with Crippen LogP contribution in [0.2, 0.25) is 5.02 Å². The quantitative estimate of drug-likeness (QED) is 0.238. The number of carboxylic acids is 1. The molecule has 4 aromatic rings. The van der Waals surface area contributed by atoms with Crippen LogP contribution in [-0.4, -0.2) is 44.4 Å². The summed E-state index contributed by atoms with van der Waals surface area (Å²) in [5.74, 6) is -1.58. The van der Waals surface area contributed by atoms with Crippen LogP contribution < -0.4 is 0 Å². The highest BCUT2D eigenvalue weighted by atomic mass is 35.5. The highest BCUT2D eigenvalue weighted by Crippen LogP contribution is 2.30. The number of ether oxygens (including phenoxy) is 2. The Kier molecular flexibility index (Phi) is 7.61. The van der Waals surface area contributed by atoms with E-state index in [2.05, 4.69) is 9.98 Å². The Morgan fingerprint density at radius 3 is 2.60 bits per heavy atom. The number of benzene rings is 3. The lowest BCUT2D eigenvalue weighted by Crippen LogP contribution is -2.31. The van der Waals surface area contributed by atoms with Gasteiger partial charge in [-0.05, 0) is 48.4 Å². The molecule has 1 N–H and O–H groups in total. The fourth-order valence-electron chi connectivity index (χ4n) is 4.84. The molecule has 0 bridgehead atoms. The number of hydrogen-bond donors (Lipinski definition) is 1. The van der Waals surface area contributed by atoms with Gasteiger partial charge in [0.25, 0.3) is 0 Å². The van der Waals surface area contributed by atoms with Crippen LogP contribution in [0.1, 0.15) is 45.5 Å². The van der Waals surface area contributed by atoms with E-state index in [1.54, 1.807) is 24.3 Å². The normalized spacial score (nSPS) is 18.2. The van der Waals surface area contributed by atoms with Gasteiger partial charge in [-0.25, -0.2) is 23.6 Å². The predicted molar refractivity (Wildman–Crippen MR) is 149 cm³/mol. The molecule has 0 aliphatic carbocycles. The summed E-state index contributed by atoms with van der Waals surface area (Å²) < 4.78 is 57.2. The summed E-state index contributed by atoms with van der Waals surface area (Å²) in [4.78, 5) is 20.4. The minimum absolute atomic E-state index is 0.0396. The van der Waals surface area contributed by atoms with Crippen LogP contribution >= 0.6 is 11.6 Å². The number of imidazole rings is 1. The third-order valence-electron chi connectivity index (χ3n) is 7.21. The predicted octanol–water partition coefficient (Wildman–Crippen LogP) is 6.37. The van der Waals surface area contributed by atoms with Gasteiger partial charge >= 0.3 is 5.97 Å². The van der Waals surface area contributed by atoms with E-state index in [1.807, 2.05) is 4.57 Å². The van der Waals surface area contributed by atoms with E-state index >= 15 is 4.39 Å². The molecule has 12 heteroatoms. The van der Waals surface area contributed by atoms with Gasteiger partial charge in [-0.3, -0.25) is 0 Å². The third kappa shape index (κ3) is 5.70. The number of aliphatic imine (C=N–C) groups is 1. The van der Waals surface area contributed by atoms with E-state index in [4.69, 9.17) is 21.1 Å². The van der Waals surface area contributed by atoms with E-state index < -0.39 is 23.8 Å². The zero-order valence-electron chi connectivity index (χ0n) is 22.0. The Balaban J connectivity index is 1.23. The first-order valence-electron chi connectivity index (χ1n) is 13.1. The summed E-state index contributed by atoms with van der Waals surface area (Å²) in [7, 11) is 0. The van der Waals surface area contributed by atoms with Crippen molar-refractivity contribution in [1.82, 2.24) is 14.7 Å². The Morgan fingerprint density at radius 2 is 1.88 bits per heavy atom. The molecule has 8 nitrogen and oxygen atoms in total. The Labute approximate surface area is 243 Å². The fourth-order valence-corrected chi connectivity index (χ4v) is 5.00. The Morgan fingerprint density at radius 1 is 1.10 bits per heavy atom. The molecule has 1 aromatic heterocycles. The summed E-state index contributed by atoms with van der Waals surface area (Å²) in [6, 6.07) is 13.2. The lowest BCUT2D eigenvalue weighted by Gasteiger charge is -2.27. The maximum absolute atomic E-state index is 15.4. The number of aromatic nitrogens is 2. The van der Waals surface area contributed by atoms with Crippen molar-refractivity contribution in [2.45, 2.75) is 38.3 Å². The number of halogens is 4. The van der Waals surface area contributed by atoms with Crippen molar-refractivity contribution < 1.29 is 32.6 Å². The van der Waals surface area contributed by atoms with Crippen molar-refractivity contribution >= 4 is 34.5 Å². The van der Waals surface area contributed by atoms with Crippen LogP contribution in [0.15, 0.2) is 71.9 Å². The first-order valence-corrected chi connectivity index (χ1v) is 13.5. The van der Waals surface area contributed by atoms with Crippen LogP contribution in [0.5, 0.6) is 0 Å². The maximum Gasteiger partial charge on any atom is 0.335 e. The topological polar surface area (TPSA) is 89.2 Å². The molecular weight excluding hydrogens is 573 g/mol. The lowest BCUT2D eigenvalue weighted by molar-refractivity contribution is -0.0589. The van der Waals surface area contributed by atoms with Crippen molar-refractivity contribution in [1.29, 1.82) is 0 Å². The largest absolute Gasteiger partial charge is 0.478 e. The maximum atomic E-state index is 15.4. The van der Waals surface area contributed by atoms with Gasteiger partial charge < -0.3 is 19.1 Å². The molecule has 216 valence electrons. The molecule has 0 amide bonds. The van der Waals surface area contributed by atoms with Crippen LogP contribution in [-0.2, 0) is 29.0 Å². The first kappa shape index (κ1) is 27.8. The number of carbonyl (C=O) groups is 1. The van der Waals surface area contributed by atoms with E-state index in [-0.39, 0.29) is 46.7 Å². The Bertz CT molecular complexity index is 1740. The monoisotopic (exact) mass is 596 g/mol. The van der Waals surface area contributed by atoms with Crippen LogP contribution in [0.25, 0.3) is 11.0 Å². The number of nitrogens with zero attached hydrogens (tertiary/aromatic N) is 4. The Hall–Kier alpha value is -4.35. The summed E-state index contributed by atoms with van der Waals surface area (Å²) in [6.45, 7) is 0.953. The average Bonchev–Trinajstić information content (AvgIpc) is 3.28. The molecule has 1 saturated heterocycles. The zero-order valence-corrected chi connectivity index (χ0v) is 22.8. The van der Waals surface area contributed by atoms with Crippen molar-refractivity contribution in [2.75, 3.05) is 6.61 Å². The zero-order chi connectivity index (χ0) is 29.4. The van der Waals surface area contributed by atoms with Crippen LogP contribution in [0.3, 0.4) is 0 Å². The van der Waals surface area contributed by atoms with E-state index in [9.17, 15) is 18.8 Å². The summed E-state index contributed by atoms with van der Waals surface area (Å²) in [5, 5.41) is 10.0. The highest BCUT2D eigenvalue weighted by molar-refractivity contribution is 6.30. The van der Waals surface area contributed by atoms with Gasteiger partial charge in [-0.2, -0.15) is 5.12 Å². The molecular formula is C30H24ClF3N4O4. The first-order chi connectivity index (χ1) is 20.2. The van der Waals surface area contributed by atoms with Gasteiger partial charge in [0.1, 0.15) is 24.1 Å². The molecule has 2 aliphatic heterocycles. The van der Waals surface area contributed by atoms with E-state index in [0.29, 0.717) is 40.7 Å². The minimum atomic E-state index is -1.21. The van der Waals surface area contributed by atoms with Gasteiger partial charge in [0.15, 0.2) is 6.17 Å². The van der Waals surface area contributed by atoms with Crippen molar-refractivity contribution in [2.24, 2.45) is 4.99 Å². The standard InChI is InChI=1S/C30H24ClF3N4O4/c31-21-5-3-20(24(33)14-21)16-42-28-7-9-38(34)29(36-28)18-2-1-17(23(32)11-18)13-27-35-25-6-4-19(30(39)40)12-26(25)37(27)15-22-8-10-41-22/h1-7,9,11-12,14,22,29H,8,10,13,15-16H2,(H,39,40). The SMILES string of the molecule is O=C(O)c1ccc2nc(Cc3ccc(C4N=C(OCc5ccc(Cl)cc5F)C=CN4F)cc3F)n(CC3CCO3)c2c1. The fraction of sp³-hybridized carbons (Fsp3) is 0.233. The molecule has 2 aliphatic rings. The molecule has 2 atom stereocenters. The van der Waals surface area contributed by atoms with Gasteiger partial charge in [0.05, 0.1) is 29.2 Å². The van der Waals surface area contributed by atoms with Crippen LogP contribution in [0, 0.1) is 11.6 Å². The summed E-state index contributed by atoms with van der Waals surface area (Å²) >= 11 is 5.79. The van der Waals surface area contributed by atoms with Crippen molar-refractivity contribution in [3.63, 3.8) is 0 Å². The number of carboxylic acid groups (broad SMARTS) is 1. The van der Waals surface area contributed by atoms with E-state index in [0.717, 1.165) is 12.6 Å². The van der Waals surface area contributed by atoms with Crippen LogP contribution in [0.4, 0.5) is 13.3 Å². The van der Waals surface area contributed by atoms with Crippen molar-refractivity contribution in [3.05, 3.63) is 112 Å². The smallest absolute Gasteiger partial charge is 0.335 e. The third-order valence-corrected chi connectivity index (χ3v) is 7.45. The second-order valence-electron chi connectivity index (χ2n) is 9.98. The number of fused-ring (bicyclic) bond motifs is 1. The van der Waals surface area contributed by atoms with Gasteiger partial charge in [-0.15, -0.1) is 0 Å². The molecule has 3 aromatic carbocycles. The van der Waals surface area contributed by atoms with Gasteiger partial charge in [0.2, 0.25) is 5.90 Å². The second-order valence-corrected chi connectivity index (χ2v) is 10.4. The molecule has 0 saturated carbocycles. The number of rotatable bonds is 8.